The van der Waals surface area contributed by atoms with Crippen molar-refractivity contribution in [3.63, 3.8) is 0 Å². The Bertz CT molecular complexity index is 1190. The third-order valence-electron chi connectivity index (χ3n) is 5.42. The Kier molecular flexibility index (Phi) is 7.57. The maximum absolute atomic E-state index is 13.4. The van der Waals surface area contributed by atoms with E-state index < -0.39 is 11.7 Å². The molecule has 0 saturated carbocycles. The van der Waals surface area contributed by atoms with E-state index in [0.29, 0.717) is 34.1 Å². The number of aromatic nitrogens is 3. The summed E-state index contributed by atoms with van der Waals surface area (Å²) in [7, 11) is 6.15. The van der Waals surface area contributed by atoms with Crippen LogP contribution in [-0.4, -0.2) is 53.9 Å². The minimum Gasteiger partial charge on any atom is -0.493 e. The minimum atomic E-state index is -4.49. The first kappa shape index (κ1) is 25.9. The molecule has 188 valence electrons. The van der Waals surface area contributed by atoms with Crippen LogP contribution in [0.4, 0.5) is 13.2 Å². The Morgan fingerprint density at radius 3 is 2.23 bits per heavy atom. The number of alkyl halides is 3. The second kappa shape index (κ2) is 10.2. The van der Waals surface area contributed by atoms with Gasteiger partial charge >= 0.3 is 6.18 Å². The zero-order valence-electron chi connectivity index (χ0n) is 20.3. The molecule has 0 radical (unpaired) electrons. The lowest BCUT2D eigenvalue weighted by Gasteiger charge is -2.21. The maximum Gasteiger partial charge on any atom is 0.417 e. The van der Waals surface area contributed by atoms with Crippen LogP contribution in [-0.2, 0) is 12.7 Å². The molecule has 3 rings (SSSR count). The van der Waals surface area contributed by atoms with Gasteiger partial charge in [-0.1, -0.05) is 13.8 Å². The van der Waals surface area contributed by atoms with Crippen molar-refractivity contribution in [3.05, 3.63) is 59.0 Å². The van der Waals surface area contributed by atoms with Crippen molar-refractivity contribution in [2.75, 3.05) is 28.4 Å². The van der Waals surface area contributed by atoms with Gasteiger partial charge in [0.1, 0.15) is 0 Å². The SMILES string of the molecule is COc1ccc(CN(C)C(=O)c2cnn(-c3ccc(C(F)(F)F)cn3)c2C(C)C)c(OC)c1OC. The van der Waals surface area contributed by atoms with Crippen LogP contribution in [0, 0.1) is 0 Å². The molecule has 2 aromatic heterocycles. The summed E-state index contributed by atoms with van der Waals surface area (Å²) in [6.45, 7) is 3.93. The third kappa shape index (κ3) is 5.18. The van der Waals surface area contributed by atoms with Gasteiger partial charge in [0, 0.05) is 25.4 Å². The molecule has 3 aromatic rings. The van der Waals surface area contributed by atoms with Crippen LogP contribution in [0.5, 0.6) is 17.2 Å². The molecular weight excluding hydrogens is 465 g/mol. The number of ether oxygens (including phenoxy) is 3. The van der Waals surface area contributed by atoms with Gasteiger partial charge in [-0.15, -0.1) is 0 Å². The Balaban J connectivity index is 1.94. The summed E-state index contributed by atoms with van der Waals surface area (Å²) in [5, 5.41) is 4.26. The number of rotatable bonds is 8. The number of hydrogen-bond acceptors (Lipinski definition) is 6. The second-order valence-electron chi connectivity index (χ2n) is 8.07. The van der Waals surface area contributed by atoms with Crippen LogP contribution in [0.25, 0.3) is 5.82 Å². The summed E-state index contributed by atoms with van der Waals surface area (Å²) < 4.78 is 56.4. The third-order valence-corrected chi connectivity index (χ3v) is 5.42. The lowest BCUT2D eigenvalue weighted by Crippen LogP contribution is -2.27. The Labute approximate surface area is 201 Å². The van der Waals surface area contributed by atoms with Gasteiger partial charge in [-0.05, 0) is 30.2 Å². The number of hydrogen-bond donors (Lipinski definition) is 0. The molecule has 0 saturated heterocycles. The molecule has 8 nitrogen and oxygen atoms in total. The Morgan fingerprint density at radius 1 is 1.03 bits per heavy atom. The van der Waals surface area contributed by atoms with Crippen molar-refractivity contribution in [2.45, 2.75) is 32.5 Å². The van der Waals surface area contributed by atoms with Crippen molar-refractivity contribution >= 4 is 5.91 Å². The quantitative estimate of drug-likeness (QED) is 0.453. The van der Waals surface area contributed by atoms with Crippen LogP contribution in [0.3, 0.4) is 0 Å². The van der Waals surface area contributed by atoms with Crippen molar-refractivity contribution in [1.82, 2.24) is 19.7 Å². The first-order chi connectivity index (χ1) is 16.5. The molecule has 0 atom stereocenters. The first-order valence-corrected chi connectivity index (χ1v) is 10.7. The Morgan fingerprint density at radius 2 is 1.71 bits per heavy atom. The fourth-order valence-corrected chi connectivity index (χ4v) is 3.76. The predicted octanol–water partition coefficient (Wildman–Crippen LogP) is 4.71. The Hall–Kier alpha value is -3.76. The van der Waals surface area contributed by atoms with Gasteiger partial charge in [0.25, 0.3) is 5.91 Å². The highest BCUT2D eigenvalue weighted by Crippen LogP contribution is 2.40. The van der Waals surface area contributed by atoms with Crippen molar-refractivity contribution < 1.29 is 32.2 Å². The smallest absolute Gasteiger partial charge is 0.417 e. The van der Waals surface area contributed by atoms with Gasteiger partial charge in [0.15, 0.2) is 17.3 Å². The van der Waals surface area contributed by atoms with E-state index in [0.717, 1.165) is 12.3 Å². The highest BCUT2D eigenvalue weighted by molar-refractivity contribution is 5.95. The normalized spacial score (nSPS) is 11.5. The standard InChI is InChI=1S/C24H27F3N4O4/c1-14(2)20-17(12-29-31(20)19-10-8-16(11-28-19)24(25,26)27)23(32)30(3)13-15-7-9-18(33-4)22(35-6)21(15)34-5/h7-12,14H,13H2,1-6H3. The van der Waals surface area contributed by atoms with E-state index in [1.54, 1.807) is 19.2 Å². The molecule has 0 aliphatic rings. The molecule has 0 fully saturated rings. The van der Waals surface area contributed by atoms with Crippen molar-refractivity contribution in [2.24, 2.45) is 0 Å². The maximum atomic E-state index is 13.4. The lowest BCUT2D eigenvalue weighted by atomic mass is 10.0. The molecule has 2 heterocycles. The van der Waals surface area contributed by atoms with Crippen LogP contribution >= 0.6 is 0 Å². The molecule has 0 bridgehead atoms. The van der Waals surface area contributed by atoms with Crippen LogP contribution in [0.1, 0.15) is 46.9 Å². The van der Waals surface area contributed by atoms with E-state index in [1.165, 1.54) is 43.2 Å². The van der Waals surface area contributed by atoms with E-state index in [-0.39, 0.29) is 24.2 Å². The average Bonchev–Trinajstić information content (AvgIpc) is 3.28. The molecule has 0 unspecified atom stereocenters. The molecule has 0 spiro atoms. The molecule has 35 heavy (non-hydrogen) atoms. The highest BCUT2D eigenvalue weighted by Gasteiger charge is 2.31. The van der Waals surface area contributed by atoms with Crippen LogP contribution in [0.15, 0.2) is 36.7 Å². The number of amides is 1. The van der Waals surface area contributed by atoms with Crippen LogP contribution in [0.2, 0.25) is 0 Å². The van der Waals surface area contributed by atoms with E-state index in [1.807, 2.05) is 13.8 Å². The number of nitrogens with zero attached hydrogens (tertiary/aromatic N) is 4. The summed E-state index contributed by atoms with van der Waals surface area (Å²) in [4.78, 5) is 18.8. The summed E-state index contributed by atoms with van der Waals surface area (Å²) in [6.07, 6.45) is -2.34. The molecule has 11 heteroatoms. The number of benzene rings is 1. The van der Waals surface area contributed by atoms with Crippen LogP contribution < -0.4 is 14.2 Å². The monoisotopic (exact) mass is 492 g/mol. The largest absolute Gasteiger partial charge is 0.493 e. The summed E-state index contributed by atoms with van der Waals surface area (Å²) in [6, 6.07) is 5.67. The van der Waals surface area contributed by atoms with Gasteiger partial charge in [-0.3, -0.25) is 4.79 Å². The van der Waals surface area contributed by atoms with Gasteiger partial charge < -0.3 is 19.1 Å². The van der Waals surface area contributed by atoms with E-state index >= 15 is 0 Å². The summed E-state index contributed by atoms with van der Waals surface area (Å²) >= 11 is 0. The van der Waals surface area contributed by atoms with Gasteiger partial charge in [0.2, 0.25) is 5.75 Å². The first-order valence-electron chi connectivity index (χ1n) is 10.7. The highest BCUT2D eigenvalue weighted by atomic mass is 19.4. The number of carbonyl (C=O) groups excluding carboxylic acids is 1. The molecule has 0 N–H and O–H groups in total. The lowest BCUT2D eigenvalue weighted by molar-refractivity contribution is -0.137. The zero-order valence-corrected chi connectivity index (χ0v) is 20.3. The fourth-order valence-electron chi connectivity index (χ4n) is 3.76. The molecule has 0 aliphatic heterocycles. The van der Waals surface area contributed by atoms with Crippen molar-refractivity contribution in [3.8, 4) is 23.1 Å². The average molecular weight is 492 g/mol. The summed E-state index contributed by atoms with van der Waals surface area (Å²) in [5.74, 6) is 1.06. The number of pyridine rings is 1. The molecule has 1 aromatic carbocycles. The number of carbonyl (C=O) groups is 1. The van der Waals surface area contributed by atoms with Crippen molar-refractivity contribution in [1.29, 1.82) is 0 Å². The summed E-state index contributed by atoms with van der Waals surface area (Å²) in [5.41, 5.74) is 0.695. The molecule has 1 amide bonds. The van der Waals surface area contributed by atoms with Gasteiger partial charge in [-0.25, -0.2) is 9.67 Å². The zero-order chi connectivity index (χ0) is 25.9. The van der Waals surface area contributed by atoms with Gasteiger partial charge in [0.05, 0.1) is 44.3 Å². The van der Waals surface area contributed by atoms with E-state index in [4.69, 9.17) is 14.2 Å². The van der Waals surface area contributed by atoms with Gasteiger partial charge in [-0.2, -0.15) is 18.3 Å². The second-order valence-corrected chi connectivity index (χ2v) is 8.07. The van der Waals surface area contributed by atoms with E-state index in [9.17, 15) is 18.0 Å². The topological polar surface area (TPSA) is 78.7 Å². The van der Waals surface area contributed by atoms with E-state index in [2.05, 4.69) is 10.1 Å². The minimum absolute atomic E-state index is 0.162. The molecular formula is C24H27F3N4O4. The molecule has 0 aliphatic carbocycles. The fraction of sp³-hybridized carbons (Fsp3) is 0.375. The number of halogens is 3. The number of methoxy groups -OCH3 is 3. The predicted molar refractivity (Wildman–Crippen MR) is 122 cm³/mol.